The van der Waals surface area contributed by atoms with Crippen LogP contribution < -0.4 is 5.32 Å². The number of rotatable bonds is 7. The molecule has 0 aliphatic heterocycles. The molecule has 0 spiro atoms. The van der Waals surface area contributed by atoms with Crippen LogP contribution in [0.25, 0.3) is 0 Å². The quantitative estimate of drug-likeness (QED) is 0.609. The van der Waals surface area contributed by atoms with Gasteiger partial charge in [-0.05, 0) is 42.7 Å². The van der Waals surface area contributed by atoms with Crippen molar-refractivity contribution in [3.8, 4) is 0 Å². The topological polar surface area (TPSA) is 29.1 Å². The van der Waals surface area contributed by atoms with E-state index >= 15 is 0 Å². The Morgan fingerprint density at radius 1 is 1.08 bits per heavy atom. The maximum absolute atomic E-state index is 12.7. The van der Waals surface area contributed by atoms with Gasteiger partial charge >= 0.3 is 6.18 Å². The van der Waals surface area contributed by atoms with Crippen molar-refractivity contribution in [3.05, 3.63) is 83.4 Å². The molecule has 2 nitrogen and oxygen atoms in total. The number of carbonyl (C=O) groups excluding carboxylic acids is 1. The first-order valence-corrected chi connectivity index (χ1v) is 8.53. The fourth-order valence-corrected chi connectivity index (χ4v) is 2.64. The van der Waals surface area contributed by atoms with Crippen LogP contribution in [-0.2, 0) is 6.18 Å². The zero-order chi connectivity index (χ0) is 19.2. The normalized spacial score (nSPS) is 12.5. The number of benzene rings is 2. The van der Waals surface area contributed by atoms with Crippen LogP contribution in [0.1, 0.15) is 53.7 Å². The Bertz CT molecular complexity index is 736. The molecule has 0 unspecified atom stereocenters. The zero-order valence-corrected chi connectivity index (χ0v) is 14.6. The first kappa shape index (κ1) is 19.8. The van der Waals surface area contributed by atoms with Gasteiger partial charge in [0, 0.05) is 5.56 Å². The number of amides is 1. The predicted octanol–water partition coefficient (Wildman–Crippen LogP) is 5.92. The van der Waals surface area contributed by atoms with E-state index in [1.54, 1.807) is 0 Å². The molecule has 0 bridgehead atoms. The second kappa shape index (κ2) is 8.70. The molecule has 138 valence electrons. The van der Waals surface area contributed by atoms with Crippen molar-refractivity contribution in [1.29, 1.82) is 0 Å². The van der Waals surface area contributed by atoms with Crippen molar-refractivity contribution in [2.45, 2.75) is 38.4 Å². The standard InChI is InChI=1S/C21H22F3NO/c1-3-4-8-15(2)19(16-9-6-5-7-10-16)25-20(26)17-11-13-18(14-12-17)21(22,23)24/h5-7,9-14,19H,2-4,8H2,1H3,(H,25,26)/t19-/m1/s1. The summed E-state index contributed by atoms with van der Waals surface area (Å²) in [4.78, 5) is 12.5. The molecule has 0 fully saturated rings. The first-order chi connectivity index (χ1) is 12.3. The second-order valence-electron chi connectivity index (χ2n) is 6.15. The Morgan fingerprint density at radius 2 is 1.69 bits per heavy atom. The van der Waals surface area contributed by atoms with Crippen molar-refractivity contribution >= 4 is 5.91 Å². The minimum absolute atomic E-state index is 0.183. The van der Waals surface area contributed by atoms with E-state index in [0.717, 1.165) is 42.5 Å². The van der Waals surface area contributed by atoms with Crippen LogP contribution in [0.2, 0.25) is 0 Å². The third kappa shape index (κ3) is 5.22. The molecule has 1 atom stereocenters. The van der Waals surface area contributed by atoms with Crippen molar-refractivity contribution in [2.75, 3.05) is 0 Å². The van der Waals surface area contributed by atoms with Crippen LogP contribution in [0.3, 0.4) is 0 Å². The van der Waals surface area contributed by atoms with Gasteiger partial charge in [-0.15, -0.1) is 0 Å². The highest BCUT2D eigenvalue weighted by Gasteiger charge is 2.30. The lowest BCUT2D eigenvalue weighted by atomic mass is 9.95. The Morgan fingerprint density at radius 3 is 2.23 bits per heavy atom. The summed E-state index contributed by atoms with van der Waals surface area (Å²) >= 11 is 0. The minimum atomic E-state index is -4.42. The molecule has 1 N–H and O–H groups in total. The van der Waals surface area contributed by atoms with E-state index in [1.807, 2.05) is 30.3 Å². The monoisotopic (exact) mass is 361 g/mol. The Labute approximate surface area is 151 Å². The van der Waals surface area contributed by atoms with E-state index in [1.165, 1.54) is 12.1 Å². The fraction of sp³-hybridized carbons (Fsp3) is 0.286. The zero-order valence-electron chi connectivity index (χ0n) is 14.6. The maximum Gasteiger partial charge on any atom is 0.416 e. The van der Waals surface area contributed by atoms with E-state index in [4.69, 9.17) is 0 Å². The summed E-state index contributed by atoms with van der Waals surface area (Å²) < 4.78 is 38.0. The lowest BCUT2D eigenvalue weighted by Gasteiger charge is -2.22. The van der Waals surface area contributed by atoms with Crippen LogP contribution in [0.5, 0.6) is 0 Å². The molecule has 0 saturated heterocycles. The van der Waals surface area contributed by atoms with Crippen LogP contribution in [0, 0.1) is 0 Å². The van der Waals surface area contributed by atoms with Crippen molar-refractivity contribution in [1.82, 2.24) is 5.32 Å². The number of halogens is 3. The fourth-order valence-electron chi connectivity index (χ4n) is 2.64. The molecule has 5 heteroatoms. The molecule has 0 aliphatic carbocycles. The van der Waals surface area contributed by atoms with E-state index in [-0.39, 0.29) is 11.6 Å². The molecule has 0 saturated carbocycles. The maximum atomic E-state index is 12.7. The van der Waals surface area contributed by atoms with Crippen LogP contribution in [0.15, 0.2) is 66.7 Å². The van der Waals surface area contributed by atoms with Crippen LogP contribution in [-0.4, -0.2) is 5.91 Å². The molecule has 2 rings (SSSR count). The van der Waals surface area contributed by atoms with Gasteiger partial charge in [0.25, 0.3) is 5.91 Å². The third-order valence-corrected chi connectivity index (χ3v) is 4.14. The Kier molecular flexibility index (Phi) is 6.61. The number of nitrogens with one attached hydrogen (secondary N) is 1. The van der Waals surface area contributed by atoms with Gasteiger partial charge in [0.05, 0.1) is 11.6 Å². The highest BCUT2D eigenvalue weighted by Crippen LogP contribution is 2.29. The highest BCUT2D eigenvalue weighted by atomic mass is 19.4. The summed E-state index contributed by atoms with van der Waals surface area (Å²) in [5.41, 5.74) is 1.18. The van der Waals surface area contributed by atoms with Crippen molar-refractivity contribution in [2.24, 2.45) is 0 Å². The summed E-state index contributed by atoms with van der Waals surface area (Å²) in [5.74, 6) is -0.426. The van der Waals surface area contributed by atoms with E-state index < -0.39 is 17.6 Å². The summed E-state index contributed by atoms with van der Waals surface area (Å²) in [6, 6.07) is 13.3. The summed E-state index contributed by atoms with van der Waals surface area (Å²) in [5, 5.41) is 2.90. The Balaban J connectivity index is 2.19. The van der Waals surface area contributed by atoms with Gasteiger partial charge in [-0.1, -0.05) is 55.8 Å². The van der Waals surface area contributed by atoms with Gasteiger partial charge in [-0.2, -0.15) is 13.2 Å². The van der Waals surface area contributed by atoms with Gasteiger partial charge in [0.1, 0.15) is 0 Å². The number of alkyl halides is 3. The summed E-state index contributed by atoms with van der Waals surface area (Å²) in [6.45, 7) is 6.17. The van der Waals surface area contributed by atoms with Gasteiger partial charge in [-0.25, -0.2) is 0 Å². The van der Waals surface area contributed by atoms with Crippen LogP contribution >= 0.6 is 0 Å². The number of hydrogen-bond donors (Lipinski definition) is 1. The van der Waals surface area contributed by atoms with Crippen molar-refractivity contribution in [3.63, 3.8) is 0 Å². The Hall–Kier alpha value is -2.56. The first-order valence-electron chi connectivity index (χ1n) is 8.53. The molecular formula is C21H22F3NO. The minimum Gasteiger partial charge on any atom is -0.341 e. The lowest BCUT2D eigenvalue weighted by molar-refractivity contribution is -0.137. The van der Waals surface area contributed by atoms with Gasteiger partial charge < -0.3 is 5.32 Å². The summed E-state index contributed by atoms with van der Waals surface area (Å²) in [7, 11) is 0. The molecule has 1 amide bonds. The molecule has 0 heterocycles. The highest BCUT2D eigenvalue weighted by molar-refractivity contribution is 5.94. The second-order valence-corrected chi connectivity index (χ2v) is 6.15. The smallest absolute Gasteiger partial charge is 0.341 e. The van der Waals surface area contributed by atoms with Gasteiger partial charge in [0.2, 0.25) is 0 Å². The molecular weight excluding hydrogens is 339 g/mol. The van der Waals surface area contributed by atoms with E-state index in [0.29, 0.717) is 0 Å². The average molecular weight is 361 g/mol. The molecule has 0 aliphatic rings. The third-order valence-electron chi connectivity index (χ3n) is 4.14. The molecule has 0 radical (unpaired) electrons. The predicted molar refractivity (Wildman–Crippen MR) is 96.8 cm³/mol. The number of hydrogen-bond acceptors (Lipinski definition) is 1. The van der Waals surface area contributed by atoms with E-state index in [2.05, 4.69) is 18.8 Å². The van der Waals surface area contributed by atoms with Gasteiger partial charge in [0.15, 0.2) is 0 Å². The van der Waals surface area contributed by atoms with Crippen molar-refractivity contribution < 1.29 is 18.0 Å². The molecule has 0 aromatic heterocycles. The number of carbonyl (C=O) groups is 1. The lowest BCUT2D eigenvalue weighted by Crippen LogP contribution is -2.29. The van der Waals surface area contributed by atoms with Gasteiger partial charge in [-0.3, -0.25) is 4.79 Å². The van der Waals surface area contributed by atoms with Crippen LogP contribution in [0.4, 0.5) is 13.2 Å². The van der Waals surface area contributed by atoms with E-state index in [9.17, 15) is 18.0 Å². The summed E-state index contributed by atoms with van der Waals surface area (Å²) in [6.07, 6.45) is -1.69. The average Bonchev–Trinajstić information content (AvgIpc) is 2.64. The SMILES string of the molecule is C=C(CCCC)[C@@H](NC(=O)c1ccc(C(F)(F)F)cc1)c1ccccc1. The molecule has 2 aromatic rings. The molecule has 26 heavy (non-hydrogen) atoms. The largest absolute Gasteiger partial charge is 0.416 e. The molecule has 2 aromatic carbocycles. The number of unbranched alkanes of at least 4 members (excludes halogenated alkanes) is 1.